The van der Waals surface area contributed by atoms with Gasteiger partial charge in [-0.2, -0.15) is 0 Å². The minimum atomic E-state index is 0.0649. The van der Waals surface area contributed by atoms with E-state index >= 15 is 0 Å². The van der Waals surface area contributed by atoms with Gasteiger partial charge in [0, 0.05) is 18.2 Å². The van der Waals surface area contributed by atoms with Gasteiger partial charge >= 0.3 is 0 Å². The van der Waals surface area contributed by atoms with E-state index in [-0.39, 0.29) is 6.04 Å². The topological polar surface area (TPSA) is 38.5 Å². The van der Waals surface area contributed by atoms with Crippen LogP contribution in [0.1, 0.15) is 57.7 Å². The summed E-state index contributed by atoms with van der Waals surface area (Å²) in [6, 6.07) is 6.40. The molecule has 1 unspecified atom stereocenters. The first-order valence-corrected chi connectivity index (χ1v) is 7.85. The van der Waals surface area contributed by atoms with Crippen LogP contribution in [0.25, 0.3) is 0 Å². The van der Waals surface area contributed by atoms with Crippen molar-refractivity contribution in [3.63, 3.8) is 0 Å². The fourth-order valence-electron chi connectivity index (χ4n) is 2.27. The third kappa shape index (κ3) is 5.14. The first kappa shape index (κ1) is 17.0. The van der Waals surface area contributed by atoms with Crippen LogP contribution in [-0.2, 0) is 6.54 Å². The number of unbranched alkanes of at least 4 members (excludes halogenated alkanes) is 1. The molecule has 1 aromatic rings. The molecule has 1 atom stereocenters. The lowest BCUT2D eigenvalue weighted by molar-refractivity contribution is 0.265. The fraction of sp³-hybridized carbons (Fsp3) is 0.647. The van der Waals surface area contributed by atoms with Gasteiger partial charge in [-0.3, -0.25) is 4.90 Å². The van der Waals surface area contributed by atoms with Crippen molar-refractivity contribution in [2.24, 2.45) is 5.73 Å². The summed E-state index contributed by atoms with van der Waals surface area (Å²) in [5, 5.41) is 0. The first-order chi connectivity index (χ1) is 9.62. The van der Waals surface area contributed by atoms with E-state index in [0.717, 1.165) is 25.4 Å². The zero-order valence-electron chi connectivity index (χ0n) is 13.5. The highest BCUT2D eigenvalue weighted by Crippen LogP contribution is 2.24. The maximum atomic E-state index is 6.00. The predicted octanol–water partition coefficient (Wildman–Crippen LogP) is 3.73. The fourth-order valence-corrected chi connectivity index (χ4v) is 2.27. The summed E-state index contributed by atoms with van der Waals surface area (Å²) in [6.07, 6.45) is 2.47. The number of hydrogen-bond donors (Lipinski definition) is 1. The Balaban J connectivity index is 2.89. The minimum absolute atomic E-state index is 0.0649. The molecular weight excluding hydrogens is 248 g/mol. The van der Waals surface area contributed by atoms with Crippen molar-refractivity contribution in [1.82, 2.24) is 4.90 Å². The van der Waals surface area contributed by atoms with Crippen LogP contribution in [0.4, 0.5) is 0 Å². The van der Waals surface area contributed by atoms with Crippen molar-refractivity contribution in [2.45, 2.75) is 53.1 Å². The molecule has 2 N–H and O–H groups in total. The summed E-state index contributed by atoms with van der Waals surface area (Å²) in [5.41, 5.74) is 8.42. The summed E-state index contributed by atoms with van der Waals surface area (Å²) in [5.74, 6) is 0.992. The highest BCUT2D eigenvalue weighted by atomic mass is 16.5. The summed E-state index contributed by atoms with van der Waals surface area (Å²) < 4.78 is 5.75. The molecule has 0 aromatic heterocycles. The Morgan fingerprint density at radius 3 is 2.55 bits per heavy atom. The lowest BCUT2D eigenvalue weighted by Crippen LogP contribution is -2.24. The Hall–Kier alpha value is -1.06. The van der Waals surface area contributed by atoms with Crippen molar-refractivity contribution in [2.75, 3.05) is 19.7 Å². The van der Waals surface area contributed by atoms with Crippen LogP contribution in [0, 0.1) is 0 Å². The van der Waals surface area contributed by atoms with Crippen molar-refractivity contribution in [3.8, 4) is 5.75 Å². The lowest BCUT2D eigenvalue weighted by atomic mass is 10.0. The number of nitrogens with zero attached hydrogens (tertiary/aromatic N) is 1. The van der Waals surface area contributed by atoms with Gasteiger partial charge in [-0.05, 0) is 51.1 Å². The van der Waals surface area contributed by atoms with Crippen LogP contribution >= 0.6 is 0 Å². The second kappa shape index (κ2) is 8.98. The van der Waals surface area contributed by atoms with Crippen molar-refractivity contribution < 1.29 is 4.74 Å². The quantitative estimate of drug-likeness (QED) is 0.748. The van der Waals surface area contributed by atoms with E-state index in [1.165, 1.54) is 24.0 Å². The number of rotatable bonds is 9. The number of nitrogens with two attached hydrogens (primary N) is 1. The van der Waals surface area contributed by atoms with E-state index in [0.29, 0.717) is 6.61 Å². The van der Waals surface area contributed by atoms with Crippen LogP contribution in [0.3, 0.4) is 0 Å². The van der Waals surface area contributed by atoms with Gasteiger partial charge < -0.3 is 10.5 Å². The number of hydrogen-bond acceptors (Lipinski definition) is 3. The van der Waals surface area contributed by atoms with E-state index < -0.39 is 0 Å². The zero-order valence-corrected chi connectivity index (χ0v) is 13.5. The van der Waals surface area contributed by atoms with E-state index in [4.69, 9.17) is 10.5 Å². The summed E-state index contributed by atoms with van der Waals surface area (Å²) in [4.78, 5) is 2.46. The molecule has 0 heterocycles. The van der Waals surface area contributed by atoms with Crippen LogP contribution < -0.4 is 10.5 Å². The molecule has 0 fully saturated rings. The number of benzene rings is 1. The van der Waals surface area contributed by atoms with E-state index in [1.807, 2.05) is 13.8 Å². The summed E-state index contributed by atoms with van der Waals surface area (Å²) in [7, 11) is 0. The van der Waals surface area contributed by atoms with Crippen molar-refractivity contribution in [3.05, 3.63) is 29.3 Å². The molecule has 0 radical (unpaired) electrons. The van der Waals surface area contributed by atoms with Crippen LogP contribution in [0.2, 0.25) is 0 Å². The molecule has 0 aliphatic carbocycles. The Morgan fingerprint density at radius 1 is 1.25 bits per heavy atom. The van der Waals surface area contributed by atoms with Gasteiger partial charge in [-0.1, -0.05) is 26.3 Å². The molecule has 0 saturated heterocycles. The Kier molecular flexibility index (Phi) is 7.63. The van der Waals surface area contributed by atoms with E-state index in [2.05, 4.69) is 36.9 Å². The smallest absolute Gasteiger partial charge is 0.123 e. The lowest BCUT2D eigenvalue weighted by Gasteiger charge is -2.22. The van der Waals surface area contributed by atoms with E-state index in [9.17, 15) is 0 Å². The van der Waals surface area contributed by atoms with Gasteiger partial charge in [-0.15, -0.1) is 0 Å². The Morgan fingerprint density at radius 2 is 2.00 bits per heavy atom. The largest absolute Gasteiger partial charge is 0.494 e. The normalized spacial score (nSPS) is 12.7. The third-order valence-corrected chi connectivity index (χ3v) is 3.58. The van der Waals surface area contributed by atoms with Crippen molar-refractivity contribution >= 4 is 0 Å². The zero-order chi connectivity index (χ0) is 15.0. The molecule has 3 nitrogen and oxygen atoms in total. The molecule has 20 heavy (non-hydrogen) atoms. The molecule has 1 aromatic carbocycles. The molecule has 0 saturated carbocycles. The van der Waals surface area contributed by atoms with Gasteiger partial charge in [-0.25, -0.2) is 0 Å². The standard InChI is InChI=1S/C17H30N2O/c1-5-8-11-19(6-2)13-16-12-15(14(4)18)9-10-17(16)20-7-3/h9-10,12,14H,5-8,11,13,18H2,1-4H3. The highest BCUT2D eigenvalue weighted by molar-refractivity contribution is 5.38. The SMILES string of the molecule is CCCCN(CC)Cc1cc(C(C)N)ccc1OCC. The molecule has 0 aliphatic heterocycles. The van der Waals surface area contributed by atoms with Crippen LogP contribution in [-0.4, -0.2) is 24.6 Å². The molecular formula is C17H30N2O. The monoisotopic (exact) mass is 278 g/mol. The average molecular weight is 278 g/mol. The van der Waals surface area contributed by atoms with Gasteiger partial charge in [0.1, 0.15) is 5.75 Å². The van der Waals surface area contributed by atoms with Crippen LogP contribution in [0.5, 0.6) is 5.75 Å². The van der Waals surface area contributed by atoms with Gasteiger partial charge in [0.15, 0.2) is 0 Å². The van der Waals surface area contributed by atoms with Crippen LogP contribution in [0.15, 0.2) is 18.2 Å². The highest BCUT2D eigenvalue weighted by Gasteiger charge is 2.11. The minimum Gasteiger partial charge on any atom is -0.494 e. The predicted molar refractivity (Wildman–Crippen MR) is 86.1 cm³/mol. The molecule has 0 aliphatic rings. The molecule has 0 spiro atoms. The third-order valence-electron chi connectivity index (χ3n) is 3.58. The molecule has 1 rings (SSSR count). The Bertz CT molecular complexity index is 391. The van der Waals surface area contributed by atoms with Crippen molar-refractivity contribution in [1.29, 1.82) is 0 Å². The summed E-state index contributed by atoms with van der Waals surface area (Å²) >= 11 is 0. The molecule has 0 bridgehead atoms. The van der Waals surface area contributed by atoms with E-state index in [1.54, 1.807) is 0 Å². The maximum Gasteiger partial charge on any atom is 0.123 e. The first-order valence-electron chi connectivity index (χ1n) is 7.85. The second-order valence-electron chi connectivity index (χ2n) is 5.31. The number of ether oxygens (including phenoxy) is 1. The molecule has 114 valence electrons. The summed E-state index contributed by atoms with van der Waals surface area (Å²) in [6.45, 7) is 12.3. The molecule has 0 amide bonds. The average Bonchev–Trinajstić information content (AvgIpc) is 2.44. The second-order valence-corrected chi connectivity index (χ2v) is 5.31. The maximum absolute atomic E-state index is 6.00. The molecule has 3 heteroatoms. The van der Waals surface area contributed by atoms with Gasteiger partial charge in [0.05, 0.1) is 6.61 Å². The Labute approximate surface area is 124 Å². The van der Waals surface area contributed by atoms with Gasteiger partial charge in [0.25, 0.3) is 0 Å². The van der Waals surface area contributed by atoms with Gasteiger partial charge in [0.2, 0.25) is 0 Å².